The van der Waals surface area contributed by atoms with Crippen molar-refractivity contribution in [3.05, 3.63) is 110 Å². The lowest BCUT2D eigenvalue weighted by Gasteiger charge is -2.18. The molecule has 3 aromatic carbocycles. The fraction of sp³-hybridized carbons (Fsp3) is 0. The average Bonchev–Trinajstić information content (AvgIpc) is 3.30. The molecule has 4 heteroatoms. The Hall–Kier alpha value is -4.05. The Morgan fingerprint density at radius 3 is 1.76 bits per heavy atom. The van der Waals surface area contributed by atoms with Crippen LogP contribution in [-0.2, 0) is 0 Å². The Morgan fingerprint density at radius 1 is 0.586 bits per heavy atom. The highest BCUT2D eigenvalue weighted by Gasteiger charge is 2.17. The third kappa shape index (κ3) is 3.21. The molecule has 5 rings (SSSR count). The van der Waals surface area contributed by atoms with Crippen LogP contribution in [0.5, 0.6) is 0 Å². The molecule has 0 unspecified atom stereocenters. The predicted octanol–water partition coefficient (Wildman–Crippen LogP) is 5.66. The molecule has 0 bridgehead atoms. The van der Waals surface area contributed by atoms with Crippen molar-refractivity contribution in [2.45, 2.75) is 0 Å². The van der Waals surface area contributed by atoms with E-state index in [1.54, 1.807) is 12.4 Å². The summed E-state index contributed by atoms with van der Waals surface area (Å²) in [5, 5.41) is 0. The van der Waals surface area contributed by atoms with Gasteiger partial charge < -0.3 is 0 Å². The fourth-order valence-corrected chi connectivity index (χ4v) is 3.62. The number of hydrogen-bond acceptors (Lipinski definition) is 3. The maximum absolute atomic E-state index is 4.62. The number of nitrogens with zero attached hydrogens (tertiary/aromatic N) is 4. The van der Waals surface area contributed by atoms with Crippen molar-refractivity contribution in [3.8, 4) is 39.3 Å². The number of benzene rings is 3. The number of para-hydroxylation sites is 1. The monoisotopic (exact) mass is 374 g/mol. The predicted molar refractivity (Wildman–Crippen MR) is 115 cm³/mol. The van der Waals surface area contributed by atoms with Gasteiger partial charge in [-0.1, -0.05) is 78.9 Å². The Labute approximate surface area is 169 Å². The summed E-state index contributed by atoms with van der Waals surface area (Å²) < 4.78 is 2.13. The maximum Gasteiger partial charge on any atom is 0.147 e. The first-order chi connectivity index (χ1) is 14.4. The number of rotatable bonds is 4. The van der Waals surface area contributed by atoms with Crippen LogP contribution in [0.3, 0.4) is 0 Å². The quantitative estimate of drug-likeness (QED) is 0.407. The van der Waals surface area contributed by atoms with Gasteiger partial charge in [0, 0.05) is 35.9 Å². The molecular weight excluding hydrogens is 356 g/mol. The van der Waals surface area contributed by atoms with Gasteiger partial charge in [-0.25, -0.2) is 15.0 Å². The van der Waals surface area contributed by atoms with Crippen molar-refractivity contribution in [1.29, 1.82) is 0 Å². The van der Waals surface area contributed by atoms with E-state index in [1.807, 2.05) is 24.5 Å². The Morgan fingerprint density at radius 2 is 1.17 bits per heavy atom. The van der Waals surface area contributed by atoms with Crippen molar-refractivity contribution in [2.75, 3.05) is 0 Å². The molecule has 0 radical (unpaired) electrons. The summed E-state index contributed by atoms with van der Waals surface area (Å²) in [6.07, 6.45) is 8.93. The maximum atomic E-state index is 4.62. The molecule has 0 atom stereocenters. The van der Waals surface area contributed by atoms with Gasteiger partial charge in [-0.2, -0.15) is 0 Å². The minimum atomic E-state index is 0.811. The first-order valence-corrected chi connectivity index (χ1v) is 9.45. The summed E-state index contributed by atoms with van der Waals surface area (Å²) in [4.78, 5) is 13.0. The normalized spacial score (nSPS) is 10.8. The highest BCUT2D eigenvalue weighted by atomic mass is 15.1. The largest absolute Gasteiger partial charge is 0.298 e. The lowest BCUT2D eigenvalue weighted by molar-refractivity contribution is 1.05. The summed E-state index contributed by atoms with van der Waals surface area (Å²) in [7, 11) is 0. The topological polar surface area (TPSA) is 43.6 Å². The molecule has 29 heavy (non-hydrogen) atoms. The highest BCUT2D eigenvalue weighted by molar-refractivity contribution is 5.86. The molecule has 2 aromatic heterocycles. The molecule has 0 fully saturated rings. The van der Waals surface area contributed by atoms with E-state index in [0.717, 1.165) is 39.3 Å². The summed E-state index contributed by atoms with van der Waals surface area (Å²) in [5.41, 5.74) is 6.56. The molecule has 0 aliphatic heterocycles. The Balaban J connectivity index is 1.81. The van der Waals surface area contributed by atoms with E-state index >= 15 is 0 Å². The van der Waals surface area contributed by atoms with E-state index in [4.69, 9.17) is 0 Å². The van der Waals surface area contributed by atoms with Crippen LogP contribution < -0.4 is 0 Å². The van der Waals surface area contributed by atoms with Crippen LogP contribution in [0, 0.1) is 0 Å². The zero-order valence-corrected chi connectivity index (χ0v) is 15.7. The summed E-state index contributed by atoms with van der Waals surface area (Å²) in [5.74, 6) is 0.811. The molecule has 0 saturated carbocycles. The number of aromatic nitrogens is 4. The zero-order chi connectivity index (χ0) is 19.5. The van der Waals surface area contributed by atoms with Gasteiger partial charge in [0.1, 0.15) is 12.2 Å². The molecule has 4 nitrogen and oxygen atoms in total. The molecule has 2 heterocycles. The molecule has 0 N–H and O–H groups in total. The Kier molecular flexibility index (Phi) is 4.43. The molecule has 0 spiro atoms. The summed E-state index contributed by atoms with van der Waals surface area (Å²) in [6.45, 7) is 0. The minimum absolute atomic E-state index is 0.811. The van der Waals surface area contributed by atoms with E-state index in [-0.39, 0.29) is 0 Å². The molecule has 0 amide bonds. The van der Waals surface area contributed by atoms with Gasteiger partial charge in [0.25, 0.3) is 0 Å². The van der Waals surface area contributed by atoms with E-state index < -0.39 is 0 Å². The van der Waals surface area contributed by atoms with E-state index in [1.165, 1.54) is 6.33 Å². The van der Waals surface area contributed by atoms with Crippen molar-refractivity contribution < 1.29 is 0 Å². The highest BCUT2D eigenvalue weighted by Crippen LogP contribution is 2.37. The van der Waals surface area contributed by atoms with E-state index in [0.29, 0.717) is 0 Å². The summed E-state index contributed by atoms with van der Waals surface area (Å²) in [6, 6.07) is 27.3. The van der Waals surface area contributed by atoms with Crippen LogP contribution in [0.25, 0.3) is 39.3 Å². The lowest BCUT2D eigenvalue weighted by atomic mass is 9.95. The molecule has 0 saturated heterocycles. The van der Waals surface area contributed by atoms with Crippen molar-refractivity contribution in [2.24, 2.45) is 0 Å². The second kappa shape index (κ2) is 7.52. The molecule has 0 aliphatic carbocycles. The minimum Gasteiger partial charge on any atom is -0.298 e. The van der Waals surface area contributed by atoms with Crippen LogP contribution in [0.1, 0.15) is 0 Å². The standard InChI is InChI=1S/C25H18N4/c1-3-8-19(9-4-1)22-12-7-13-23(20-10-5-2-6-11-20)24(22)29-15-14-28-25(29)21-16-26-18-27-17-21/h1-18H. The third-order valence-corrected chi connectivity index (χ3v) is 4.91. The van der Waals surface area contributed by atoms with E-state index in [9.17, 15) is 0 Å². The number of hydrogen-bond donors (Lipinski definition) is 0. The van der Waals surface area contributed by atoms with Gasteiger partial charge in [0.2, 0.25) is 0 Å². The van der Waals surface area contributed by atoms with Crippen LogP contribution in [0.2, 0.25) is 0 Å². The first kappa shape index (κ1) is 17.1. The van der Waals surface area contributed by atoms with Crippen molar-refractivity contribution in [3.63, 3.8) is 0 Å². The fourth-order valence-electron chi connectivity index (χ4n) is 3.62. The Bertz CT molecular complexity index is 1170. The van der Waals surface area contributed by atoms with Gasteiger partial charge >= 0.3 is 0 Å². The molecule has 138 valence electrons. The van der Waals surface area contributed by atoms with Gasteiger partial charge in [-0.05, 0) is 11.1 Å². The van der Waals surface area contributed by atoms with Gasteiger partial charge in [-0.15, -0.1) is 0 Å². The van der Waals surface area contributed by atoms with Crippen LogP contribution in [-0.4, -0.2) is 19.5 Å². The molecule has 5 aromatic rings. The molecule has 0 aliphatic rings. The average molecular weight is 374 g/mol. The van der Waals surface area contributed by atoms with Crippen LogP contribution in [0.15, 0.2) is 110 Å². The smallest absolute Gasteiger partial charge is 0.147 e. The second-order valence-electron chi connectivity index (χ2n) is 6.68. The zero-order valence-electron chi connectivity index (χ0n) is 15.7. The van der Waals surface area contributed by atoms with Crippen molar-refractivity contribution >= 4 is 0 Å². The third-order valence-electron chi connectivity index (χ3n) is 4.91. The van der Waals surface area contributed by atoms with Gasteiger partial charge in [-0.3, -0.25) is 4.57 Å². The number of imidazole rings is 1. The van der Waals surface area contributed by atoms with Crippen LogP contribution in [0.4, 0.5) is 0 Å². The first-order valence-electron chi connectivity index (χ1n) is 9.45. The van der Waals surface area contributed by atoms with E-state index in [2.05, 4.69) is 86.2 Å². The second-order valence-corrected chi connectivity index (χ2v) is 6.68. The van der Waals surface area contributed by atoms with Crippen LogP contribution >= 0.6 is 0 Å². The molecular formula is C25H18N4. The van der Waals surface area contributed by atoms with Crippen molar-refractivity contribution in [1.82, 2.24) is 19.5 Å². The SMILES string of the molecule is c1ccc(-c2cccc(-c3ccccc3)c2-n2ccnc2-c2cncnc2)cc1. The summed E-state index contributed by atoms with van der Waals surface area (Å²) >= 11 is 0. The lowest BCUT2D eigenvalue weighted by Crippen LogP contribution is -2.02. The van der Waals surface area contributed by atoms with Gasteiger partial charge in [0.05, 0.1) is 11.3 Å². The van der Waals surface area contributed by atoms with Gasteiger partial charge in [0.15, 0.2) is 0 Å².